The third-order valence-corrected chi connectivity index (χ3v) is 7.44. The quantitative estimate of drug-likeness (QED) is 0.172. The normalized spacial score (nSPS) is 12.9. The minimum absolute atomic E-state index is 0.0542. The van der Waals surface area contributed by atoms with Crippen LogP contribution in [-0.4, -0.2) is 62.8 Å². The highest BCUT2D eigenvalue weighted by molar-refractivity contribution is 6.36. The maximum atomic E-state index is 10.4. The van der Waals surface area contributed by atoms with Crippen LogP contribution in [0.5, 0.6) is 11.5 Å². The van der Waals surface area contributed by atoms with Crippen molar-refractivity contribution in [3.05, 3.63) is 59.7 Å². The Labute approximate surface area is 229 Å². The Morgan fingerprint density at radius 2 is 1.11 bits per heavy atom. The number of halogens is 2. The number of hydrogen-bond acceptors (Lipinski definition) is 6. The van der Waals surface area contributed by atoms with Crippen LogP contribution in [0.15, 0.2) is 48.5 Å². The van der Waals surface area contributed by atoms with Gasteiger partial charge in [0.1, 0.15) is 11.5 Å². The van der Waals surface area contributed by atoms with Crippen molar-refractivity contribution < 1.29 is 23.5 Å². The lowest BCUT2D eigenvalue weighted by molar-refractivity contribution is 0.107. The van der Waals surface area contributed by atoms with Gasteiger partial charge in [0.05, 0.1) is 0 Å². The lowest BCUT2D eigenvalue weighted by Gasteiger charge is -2.39. The van der Waals surface area contributed by atoms with E-state index >= 15 is 0 Å². The fraction of sp³-hybridized carbons (Fsp3) is 0.556. The van der Waals surface area contributed by atoms with E-state index in [0.717, 1.165) is 24.1 Å². The van der Waals surface area contributed by atoms with Gasteiger partial charge in [-0.05, 0) is 58.7 Å². The Morgan fingerprint density at radius 3 is 1.42 bits per heavy atom. The second kappa shape index (κ2) is 19.7. The molecule has 1 radical (unpaired) electrons. The first kappa shape index (κ1) is 32.7. The summed E-state index contributed by atoms with van der Waals surface area (Å²) in [5.41, 5.74) is 1.72. The molecule has 0 aliphatic carbocycles. The van der Waals surface area contributed by atoms with Gasteiger partial charge in [0.15, 0.2) is 0 Å². The zero-order valence-electron chi connectivity index (χ0n) is 22.0. The van der Waals surface area contributed by atoms with Crippen LogP contribution < -0.4 is 0 Å². The van der Waals surface area contributed by atoms with Crippen LogP contribution >= 0.6 is 23.2 Å². The summed E-state index contributed by atoms with van der Waals surface area (Å²) in [5.74, 6) is 1.50. The zero-order valence-corrected chi connectivity index (χ0v) is 24.5. The molecule has 0 aliphatic heterocycles. The van der Waals surface area contributed by atoms with E-state index in [1.54, 1.807) is 12.1 Å². The van der Waals surface area contributed by atoms with Gasteiger partial charge in [-0.15, -0.1) is 23.2 Å². The Bertz CT molecular complexity index is 762. The molecule has 2 aromatic carbocycles. The van der Waals surface area contributed by atoms with E-state index in [0.29, 0.717) is 44.4 Å². The zero-order chi connectivity index (χ0) is 26.8. The summed E-state index contributed by atoms with van der Waals surface area (Å²) >= 11 is 12.2. The highest BCUT2D eigenvalue weighted by atomic mass is 35.5. The second-order valence-electron chi connectivity index (χ2n) is 7.89. The molecule has 9 heteroatoms. The molecule has 2 aromatic rings. The molecule has 0 spiro atoms. The number of benzene rings is 2. The minimum atomic E-state index is -1.40. The fourth-order valence-corrected chi connectivity index (χ4v) is 5.38. The number of phenols is 2. The Balaban J connectivity index is 0.000000548. The minimum Gasteiger partial charge on any atom is -0.508 e. The van der Waals surface area contributed by atoms with E-state index in [4.69, 9.17) is 36.5 Å². The van der Waals surface area contributed by atoms with Gasteiger partial charge < -0.3 is 23.5 Å². The molecule has 0 aromatic heterocycles. The molecule has 0 heterocycles. The lowest BCUT2D eigenvalue weighted by atomic mass is 9.94. The molecule has 0 aliphatic rings. The van der Waals surface area contributed by atoms with E-state index < -0.39 is 9.53 Å². The van der Waals surface area contributed by atoms with Crippen LogP contribution in [0.4, 0.5) is 0 Å². The molecule has 0 saturated heterocycles. The van der Waals surface area contributed by atoms with Gasteiger partial charge in [-0.2, -0.15) is 0 Å². The molecular weight excluding hydrogens is 517 g/mol. The summed E-state index contributed by atoms with van der Waals surface area (Å²) in [6, 6.07) is 14.7. The van der Waals surface area contributed by atoms with Gasteiger partial charge in [0.2, 0.25) is 0 Å². The van der Waals surface area contributed by atoms with Crippen molar-refractivity contribution in [1.29, 1.82) is 0 Å². The van der Waals surface area contributed by atoms with Gasteiger partial charge in [0.25, 0.3) is 0 Å². The molecular formula is C27H42Cl2NO5Si. The largest absolute Gasteiger partial charge is 0.577 e. The lowest BCUT2D eigenvalue weighted by Crippen LogP contribution is -2.34. The number of aromatic hydroxyl groups is 2. The molecule has 36 heavy (non-hydrogen) atoms. The van der Waals surface area contributed by atoms with Crippen molar-refractivity contribution in [2.24, 2.45) is 0 Å². The Kier molecular flexibility index (Phi) is 17.9. The summed E-state index contributed by atoms with van der Waals surface area (Å²) in [5, 5.41) is 20.8. The molecule has 6 nitrogen and oxygen atoms in total. The standard InChI is InChI=1S/C21H27Cl2NO2.C6H15O3Si/c1-2-15-24(18(11-13-22)16-7-3-5-9-20(16)25)19(12-14-23)17-8-4-6-10-21(17)26;1-4-7-10(8-5-2)9-6-3/h3-10,18-19,25-26H,2,11-15H2,1H3;4-6H2,1-3H3. The third-order valence-electron chi connectivity index (χ3n) is 5.43. The van der Waals surface area contributed by atoms with E-state index in [1.165, 1.54) is 0 Å². The topological polar surface area (TPSA) is 71.4 Å². The molecule has 203 valence electrons. The predicted octanol–water partition coefficient (Wildman–Crippen LogP) is 6.93. The Morgan fingerprint density at radius 1 is 0.722 bits per heavy atom. The molecule has 0 saturated carbocycles. The number of para-hydroxylation sites is 2. The molecule has 0 amide bonds. The molecule has 0 fully saturated rings. The maximum Gasteiger partial charge on any atom is 0.577 e. The summed E-state index contributed by atoms with van der Waals surface area (Å²) in [6.45, 7) is 10.7. The highest BCUT2D eigenvalue weighted by Gasteiger charge is 2.30. The number of alkyl halides is 2. The summed E-state index contributed by atoms with van der Waals surface area (Å²) in [4.78, 5) is 2.31. The third kappa shape index (κ3) is 11.0. The first-order chi connectivity index (χ1) is 17.5. The summed E-state index contributed by atoms with van der Waals surface area (Å²) in [7, 11) is -1.40. The first-order valence-electron chi connectivity index (χ1n) is 12.7. The number of hydrogen-bond donors (Lipinski definition) is 2. The van der Waals surface area contributed by atoms with Crippen LogP contribution in [0.1, 0.15) is 70.2 Å². The van der Waals surface area contributed by atoms with Gasteiger partial charge in [0, 0.05) is 54.8 Å². The average Bonchev–Trinajstić information content (AvgIpc) is 2.87. The SMILES string of the molecule is CCCN(C(CCCl)c1ccccc1O)C(CCCl)c1ccccc1O.CCO[Si](OCC)OCC. The summed E-state index contributed by atoms with van der Waals surface area (Å²) < 4.78 is 15.5. The van der Waals surface area contributed by atoms with E-state index in [9.17, 15) is 10.2 Å². The van der Waals surface area contributed by atoms with Gasteiger partial charge >= 0.3 is 9.53 Å². The van der Waals surface area contributed by atoms with Crippen molar-refractivity contribution in [3.63, 3.8) is 0 Å². The molecule has 2 unspecified atom stereocenters. The summed E-state index contributed by atoms with van der Waals surface area (Å²) in [6.07, 6.45) is 2.34. The van der Waals surface area contributed by atoms with E-state index in [1.807, 2.05) is 57.2 Å². The van der Waals surface area contributed by atoms with Crippen LogP contribution in [0.25, 0.3) is 0 Å². The first-order valence-corrected chi connectivity index (χ1v) is 15.0. The number of nitrogens with zero attached hydrogens (tertiary/aromatic N) is 1. The molecule has 0 bridgehead atoms. The fourth-order valence-electron chi connectivity index (χ4n) is 4.01. The van der Waals surface area contributed by atoms with Crippen LogP contribution in [0.2, 0.25) is 0 Å². The second-order valence-corrected chi connectivity index (χ2v) is 10.0. The Hall–Kier alpha value is -1.32. The average molecular weight is 560 g/mol. The van der Waals surface area contributed by atoms with Crippen molar-refractivity contribution in [3.8, 4) is 11.5 Å². The van der Waals surface area contributed by atoms with Crippen LogP contribution in [0.3, 0.4) is 0 Å². The van der Waals surface area contributed by atoms with E-state index in [2.05, 4.69) is 11.8 Å². The van der Waals surface area contributed by atoms with Gasteiger partial charge in [-0.1, -0.05) is 43.3 Å². The van der Waals surface area contributed by atoms with Crippen LogP contribution in [0, 0.1) is 0 Å². The maximum absolute atomic E-state index is 10.4. The van der Waals surface area contributed by atoms with Gasteiger partial charge in [-0.3, -0.25) is 4.90 Å². The predicted molar refractivity (Wildman–Crippen MR) is 150 cm³/mol. The molecule has 2 rings (SSSR count). The van der Waals surface area contributed by atoms with Crippen molar-refractivity contribution in [1.82, 2.24) is 4.90 Å². The number of rotatable bonds is 16. The highest BCUT2D eigenvalue weighted by Crippen LogP contribution is 2.40. The van der Waals surface area contributed by atoms with Gasteiger partial charge in [-0.25, -0.2) is 0 Å². The molecule has 2 N–H and O–H groups in total. The smallest absolute Gasteiger partial charge is 0.508 e. The van der Waals surface area contributed by atoms with Crippen molar-refractivity contribution in [2.45, 2.75) is 59.0 Å². The molecule has 2 atom stereocenters. The van der Waals surface area contributed by atoms with Crippen LogP contribution in [-0.2, 0) is 13.3 Å². The van der Waals surface area contributed by atoms with Crippen molar-refractivity contribution >= 4 is 32.7 Å². The monoisotopic (exact) mass is 558 g/mol. The van der Waals surface area contributed by atoms with Crippen molar-refractivity contribution in [2.75, 3.05) is 38.1 Å². The number of phenolic OH excluding ortho intramolecular Hbond substituents is 2. The van der Waals surface area contributed by atoms with E-state index in [-0.39, 0.29) is 23.6 Å².